The van der Waals surface area contributed by atoms with Crippen molar-refractivity contribution in [3.8, 4) is 0 Å². The van der Waals surface area contributed by atoms with E-state index in [0.717, 1.165) is 11.5 Å². The van der Waals surface area contributed by atoms with E-state index in [9.17, 15) is 0 Å². The van der Waals surface area contributed by atoms with Gasteiger partial charge in [-0.25, -0.2) is 0 Å². The maximum Gasteiger partial charge on any atom is 0.137 e. The summed E-state index contributed by atoms with van der Waals surface area (Å²) < 4.78 is 5.18. The van der Waals surface area contributed by atoms with E-state index < -0.39 is 0 Å². The van der Waals surface area contributed by atoms with E-state index in [1.807, 2.05) is 6.92 Å². The van der Waals surface area contributed by atoms with Gasteiger partial charge in [0.05, 0.1) is 5.69 Å². The van der Waals surface area contributed by atoms with Gasteiger partial charge in [-0.3, -0.25) is 0 Å². The summed E-state index contributed by atoms with van der Waals surface area (Å²) in [4.78, 5) is 0. The number of hydrogen-bond acceptors (Lipinski definition) is 2. The first-order chi connectivity index (χ1) is 5.39. The van der Waals surface area contributed by atoms with E-state index in [1.54, 1.807) is 0 Å². The van der Waals surface area contributed by atoms with Crippen LogP contribution in [0.2, 0.25) is 0 Å². The lowest BCUT2D eigenvalue weighted by molar-refractivity contribution is 0.232. The molecule has 1 aromatic rings. The Labute approximate surface area is 72.9 Å². The lowest BCUT2D eigenvalue weighted by atomic mass is 9.52. The Bertz CT molecular complexity index is 334. The van der Waals surface area contributed by atoms with Crippen molar-refractivity contribution < 1.29 is 4.52 Å². The summed E-state index contributed by atoms with van der Waals surface area (Å²) in [6, 6.07) is 0. The van der Waals surface area contributed by atoms with Crippen molar-refractivity contribution in [2.75, 3.05) is 0 Å². The van der Waals surface area contributed by atoms with Crippen LogP contribution in [-0.4, -0.2) is 5.16 Å². The molecule has 1 heterocycles. The molecule has 0 saturated carbocycles. The van der Waals surface area contributed by atoms with E-state index in [0.29, 0.717) is 0 Å². The second-order valence-electron chi connectivity index (χ2n) is 4.71. The van der Waals surface area contributed by atoms with Crippen molar-refractivity contribution in [1.82, 2.24) is 5.16 Å². The van der Waals surface area contributed by atoms with Gasteiger partial charge in [0.2, 0.25) is 0 Å². The molecule has 0 amide bonds. The minimum atomic E-state index is 0.167. The lowest BCUT2D eigenvalue weighted by Gasteiger charge is -2.49. The van der Waals surface area contributed by atoms with Crippen LogP contribution in [0.1, 0.15) is 44.7 Å². The molecule has 66 valence electrons. The summed E-state index contributed by atoms with van der Waals surface area (Å²) in [6.07, 6.45) is 0. The van der Waals surface area contributed by atoms with E-state index in [-0.39, 0.29) is 10.8 Å². The third-order valence-electron chi connectivity index (χ3n) is 3.64. The van der Waals surface area contributed by atoms with Crippen LogP contribution >= 0.6 is 0 Å². The fourth-order valence-electron chi connectivity index (χ4n) is 2.08. The fourth-order valence-corrected chi connectivity index (χ4v) is 2.08. The normalized spacial score (nSPS) is 23.1. The minimum absolute atomic E-state index is 0.167. The van der Waals surface area contributed by atoms with Crippen molar-refractivity contribution >= 4 is 0 Å². The molecule has 12 heavy (non-hydrogen) atoms. The van der Waals surface area contributed by atoms with Gasteiger partial charge >= 0.3 is 0 Å². The summed E-state index contributed by atoms with van der Waals surface area (Å²) >= 11 is 0. The maximum atomic E-state index is 5.18. The van der Waals surface area contributed by atoms with Crippen LogP contribution in [0.3, 0.4) is 0 Å². The predicted octanol–water partition coefficient (Wildman–Crippen LogP) is 2.55. The number of nitrogens with zero attached hydrogens (tertiary/aromatic N) is 1. The van der Waals surface area contributed by atoms with Crippen LogP contribution < -0.4 is 0 Å². The number of hydrogen-bond donors (Lipinski definition) is 0. The highest BCUT2D eigenvalue weighted by Gasteiger charge is 2.55. The highest BCUT2D eigenvalue weighted by molar-refractivity contribution is 5.49. The summed E-state index contributed by atoms with van der Waals surface area (Å²) in [7, 11) is 0. The van der Waals surface area contributed by atoms with E-state index in [1.165, 1.54) is 5.56 Å². The Morgan fingerprint density at radius 1 is 1.08 bits per heavy atom. The van der Waals surface area contributed by atoms with Crippen LogP contribution in [0.25, 0.3) is 0 Å². The van der Waals surface area contributed by atoms with Crippen molar-refractivity contribution in [2.24, 2.45) is 0 Å². The zero-order valence-corrected chi connectivity index (χ0v) is 8.36. The first-order valence-electron chi connectivity index (χ1n) is 4.36. The van der Waals surface area contributed by atoms with Crippen LogP contribution in [0.5, 0.6) is 0 Å². The highest BCUT2D eigenvalue weighted by atomic mass is 16.5. The van der Waals surface area contributed by atoms with Crippen LogP contribution in [0.15, 0.2) is 4.52 Å². The van der Waals surface area contributed by atoms with E-state index in [2.05, 4.69) is 32.9 Å². The Kier molecular flexibility index (Phi) is 1.15. The van der Waals surface area contributed by atoms with Gasteiger partial charge in [-0.15, -0.1) is 0 Å². The van der Waals surface area contributed by atoms with Crippen molar-refractivity contribution in [3.63, 3.8) is 0 Å². The summed E-state index contributed by atoms with van der Waals surface area (Å²) in [5.41, 5.74) is 2.84. The van der Waals surface area contributed by atoms with Gasteiger partial charge in [0, 0.05) is 16.4 Å². The molecule has 1 aliphatic rings. The van der Waals surface area contributed by atoms with Gasteiger partial charge in [0.25, 0.3) is 0 Å². The quantitative estimate of drug-likeness (QED) is 0.590. The van der Waals surface area contributed by atoms with Crippen LogP contribution in [0.4, 0.5) is 0 Å². The zero-order valence-electron chi connectivity index (χ0n) is 8.36. The van der Waals surface area contributed by atoms with E-state index >= 15 is 0 Å². The Morgan fingerprint density at radius 2 is 1.67 bits per heavy atom. The average molecular weight is 165 g/mol. The van der Waals surface area contributed by atoms with Crippen molar-refractivity contribution in [3.05, 3.63) is 17.0 Å². The molecule has 1 aromatic heterocycles. The van der Waals surface area contributed by atoms with Gasteiger partial charge < -0.3 is 4.52 Å². The third-order valence-corrected chi connectivity index (χ3v) is 3.64. The molecule has 1 aliphatic carbocycles. The molecule has 0 spiro atoms. The summed E-state index contributed by atoms with van der Waals surface area (Å²) in [6.45, 7) is 10.9. The molecule has 2 heteroatoms. The van der Waals surface area contributed by atoms with Crippen LogP contribution in [-0.2, 0) is 10.8 Å². The second-order valence-corrected chi connectivity index (χ2v) is 4.71. The molecule has 2 nitrogen and oxygen atoms in total. The van der Waals surface area contributed by atoms with Crippen molar-refractivity contribution in [2.45, 2.75) is 45.4 Å². The zero-order chi connectivity index (χ0) is 9.15. The second kappa shape index (κ2) is 1.76. The Balaban J connectivity index is 2.67. The Morgan fingerprint density at radius 3 is 2.17 bits per heavy atom. The first-order valence-corrected chi connectivity index (χ1v) is 4.36. The molecule has 0 atom stereocenters. The molecule has 0 N–H and O–H groups in total. The molecule has 0 aliphatic heterocycles. The lowest BCUT2D eigenvalue weighted by Crippen LogP contribution is -2.51. The molecular weight excluding hydrogens is 150 g/mol. The minimum Gasteiger partial charge on any atom is -0.361 e. The molecule has 0 radical (unpaired) electrons. The first kappa shape index (κ1) is 7.84. The Hall–Kier alpha value is -0.790. The summed E-state index contributed by atoms with van der Waals surface area (Å²) in [5.74, 6) is 0.981. The van der Waals surface area contributed by atoms with E-state index in [4.69, 9.17) is 4.52 Å². The number of rotatable bonds is 0. The number of aromatic nitrogens is 1. The molecule has 2 rings (SSSR count). The largest absolute Gasteiger partial charge is 0.361 e. The van der Waals surface area contributed by atoms with Gasteiger partial charge in [0.1, 0.15) is 5.76 Å². The highest BCUT2D eigenvalue weighted by Crippen LogP contribution is 2.56. The molecule has 0 fully saturated rings. The summed E-state index contributed by atoms with van der Waals surface area (Å²) in [5, 5.41) is 4.08. The molecule has 0 unspecified atom stereocenters. The molecule has 0 saturated heterocycles. The molecule has 0 bridgehead atoms. The maximum absolute atomic E-state index is 5.18. The van der Waals surface area contributed by atoms with Crippen molar-refractivity contribution in [1.29, 1.82) is 0 Å². The van der Waals surface area contributed by atoms with Gasteiger partial charge in [0.15, 0.2) is 0 Å². The third kappa shape index (κ3) is 0.563. The van der Waals surface area contributed by atoms with Crippen LogP contribution in [0, 0.1) is 6.92 Å². The average Bonchev–Trinajstić information content (AvgIpc) is 2.30. The fraction of sp³-hybridized carbons (Fsp3) is 0.700. The smallest absolute Gasteiger partial charge is 0.137 e. The topological polar surface area (TPSA) is 26.0 Å². The van der Waals surface area contributed by atoms with Gasteiger partial charge in [-0.05, 0) is 6.92 Å². The van der Waals surface area contributed by atoms with Gasteiger partial charge in [-0.2, -0.15) is 0 Å². The monoisotopic (exact) mass is 165 g/mol. The SMILES string of the molecule is Cc1onc2c1C(C)(C)C2(C)C. The molecule has 0 aromatic carbocycles. The predicted molar refractivity (Wildman–Crippen MR) is 47.3 cm³/mol. The molecular formula is C10H15NO. The number of fused-ring (bicyclic) bond motifs is 1. The standard InChI is InChI=1S/C10H15NO/c1-6-7-8(11-12-6)10(4,5)9(7,2)3/h1-5H3. The number of aryl methyl sites for hydroxylation is 1. The van der Waals surface area contributed by atoms with Gasteiger partial charge in [-0.1, -0.05) is 32.9 Å².